The lowest BCUT2D eigenvalue weighted by Crippen LogP contribution is -2.43. The lowest BCUT2D eigenvalue weighted by Gasteiger charge is -2.31. The molecule has 1 amide bonds. The standard InChI is InChI=1S/C23H32N4O3S/c1-5-26(6-2)23(28)19-8-10-22(27-13-11-24-12-14-27)21(16-19)25-31(29,30)20-9-7-17(3)18(4)15-20/h7-10,15-16,24-25H,5-6,11-14H2,1-4H3. The van der Waals surface area contributed by atoms with Crippen molar-refractivity contribution in [1.29, 1.82) is 0 Å². The van der Waals surface area contributed by atoms with Gasteiger partial charge in [0, 0.05) is 44.8 Å². The van der Waals surface area contributed by atoms with Crippen molar-refractivity contribution in [2.45, 2.75) is 32.6 Å². The normalized spacial score (nSPS) is 14.4. The predicted molar refractivity (Wildman–Crippen MR) is 126 cm³/mol. The maximum atomic E-state index is 13.2. The van der Waals surface area contributed by atoms with Crippen molar-refractivity contribution in [3.63, 3.8) is 0 Å². The average molecular weight is 445 g/mol. The Labute approximate surface area is 185 Å². The lowest BCUT2D eigenvalue weighted by atomic mass is 10.1. The van der Waals surface area contributed by atoms with Crippen LogP contribution >= 0.6 is 0 Å². The molecule has 7 nitrogen and oxygen atoms in total. The first-order chi connectivity index (χ1) is 14.8. The van der Waals surface area contributed by atoms with Crippen molar-refractivity contribution in [2.24, 2.45) is 0 Å². The zero-order chi connectivity index (χ0) is 22.6. The summed E-state index contributed by atoms with van der Waals surface area (Å²) >= 11 is 0. The van der Waals surface area contributed by atoms with Crippen LogP contribution in [0.3, 0.4) is 0 Å². The summed E-state index contributed by atoms with van der Waals surface area (Å²) in [5, 5.41) is 3.31. The number of anilines is 2. The van der Waals surface area contributed by atoms with Gasteiger partial charge in [-0.1, -0.05) is 6.07 Å². The molecule has 3 rings (SSSR count). The fraction of sp³-hybridized carbons (Fsp3) is 0.435. The molecule has 1 fully saturated rings. The SMILES string of the molecule is CCN(CC)C(=O)c1ccc(N2CCNCC2)c(NS(=O)(=O)c2ccc(C)c(C)c2)c1. The number of rotatable bonds is 7. The van der Waals surface area contributed by atoms with Gasteiger partial charge in [0.1, 0.15) is 0 Å². The number of nitrogens with zero attached hydrogens (tertiary/aromatic N) is 2. The first-order valence-corrected chi connectivity index (χ1v) is 12.2. The molecule has 0 bridgehead atoms. The molecule has 1 aliphatic heterocycles. The summed E-state index contributed by atoms with van der Waals surface area (Å²) in [7, 11) is -3.80. The van der Waals surface area contributed by atoms with Crippen LogP contribution in [0.4, 0.5) is 11.4 Å². The molecular weight excluding hydrogens is 412 g/mol. The van der Waals surface area contributed by atoms with Gasteiger partial charge in [0.05, 0.1) is 16.3 Å². The summed E-state index contributed by atoms with van der Waals surface area (Å²) in [5.74, 6) is -0.108. The van der Waals surface area contributed by atoms with E-state index in [1.807, 2.05) is 33.8 Å². The Morgan fingerprint density at radius 1 is 1.03 bits per heavy atom. The Bertz CT molecular complexity index is 1040. The fourth-order valence-electron chi connectivity index (χ4n) is 3.71. The number of piperazine rings is 1. The molecule has 31 heavy (non-hydrogen) atoms. The molecule has 168 valence electrons. The Morgan fingerprint density at radius 2 is 1.71 bits per heavy atom. The highest BCUT2D eigenvalue weighted by Gasteiger charge is 2.22. The van der Waals surface area contributed by atoms with Crippen LogP contribution in [0.15, 0.2) is 41.3 Å². The zero-order valence-electron chi connectivity index (χ0n) is 18.7. The summed E-state index contributed by atoms with van der Waals surface area (Å²) in [6, 6.07) is 10.4. The first-order valence-electron chi connectivity index (χ1n) is 10.8. The monoisotopic (exact) mass is 444 g/mol. The second-order valence-electron chi connectivity index (χ2n) is 7.80. The number of amides is 1. The van der Waals surface area contributed by atoms with E-state index in [9.17, 15) is 13.2 Å². The van der Waals surface area contributed by atoms with Crippen LogP contribution in [0.2, 0.25) is 0 Å². The van der Waals surface area contributed by atoms with Crippen LogP contribution in [-0.4, -0.2) is 58.5 Å². The molecule has 0 aromatic heterocycles. The second kappa shape index (κ2) is 9.70. The molecule has 0 unspecified atom stereocenters. The summed E-state index contributed by atoms with van der Waals surface area (Å²) in [6.45, 7) is 12.1. The quantitative estimate of drug-likeness (QED) is 0.686. The minimum absolute atomic E-state index is 0.108. The van der Waals surface area contributed by atoms with Gasteiger partial charge in [-0.2, -0.15) is 0 Å². The number of carbonyl (C=O) groups is 1. The average Bonchev–Trinajstić information content (AvgIpc) is 2.76. The number of hydrogen-bond acceptors (Lipinski definition) is 5. The van der Waals surface area contributed by atoms with Crippen LogP contribution in [0.25, 0.3) is 0 Å². The number of aryl methyl sites for hydroxylation is 2. The smallest absolute Gasteiger partial charge is 0.261 e. The van der Waals surface area contributed by atoms with E-state index in [0.29, 0.717) is 24.3 Å². The van der Waals surface area contributed by atoms with Gasteiger partial charge >= 0.3 is 0 Å². The molecule has 1 aliphatic rings. The van der Waals surface area contributed by atoms with Crippen LogP contribution in [0, 0.1) is 13.8 Å². The Balaban J connectivity index is 2.02. The highest BCUT2D eigenvalue weighted by Crippen LogP contribution is 2.30. The van der Waals surface area contributed by atoms with Gasteiger partial charge in [-0.15, -0.1) is 0 Å². The van der Waals surface area contributed by atoms with Crippen molar-refractivity contribution < 1.29 is 13.2 Å². The molecular formula is C23H32N4O3S. The van der Waals surface area contributed by atoms with E-state index < -0.39 is 10.0 Å². The highest BCUT2D eigenvalue weighted by molar-refractivity contribution is 7.92. The van der Waals surface area contributed by atoms with Crippen LogP contribution in [0.5, 0.6) is 0 Å². The molecule has 0 atom stereocenters. The van der Waals surface area contributed by atoms with Gasteiger partial charge in [0.25, 0.3) is 15.9 Å². The van der Waals surface area contributed by atoms with E-state index >= 15 is 0 Å². The van der Waals surface area contributed by atoms with Gasteiger partial charge < -0.3 is 15.1 Å². The van der Waals surface area contributed by atoms with Crippen LogP contribution in [-0.2, 0) is 10.0 Å². The minimum atomic E-state index is -3.80. The Morgan fingerprint density at radius 3 is 2.32 bits per heavy atom. The summed E-state index contributed by atoms with van der Waals surface area (Å²) in [6.07, 6.45) is 0. The molecule has 0 saturated carbocycles. The van der Waals surface area contributed by atoms with E-state index in [1.54, 1.807) is 35.2 Å². The van der Waals surface area contributed by atoms with E-state index in [1.165, 1.54) is 0 Å². The molecule has 0 spiro atoms. The molecule has 1 saturated heterocycles. The third-order valence-electron chi connectivity index (χ3n) is 5.78. The maximum absolute atomic E-state index is 13.2. The van der Waals surface area contributed by atoms with E-state index in [4.69, 9.17) is 0 Å². The van der Waals surface area contributed by atoms with E-state index in [0.717, 1.165) is 43.0 Å². The number of carbonyl (C=O) groups excluding carboxylic acids is 1. The molecule has 2 aromatic carbocycles. The zero-order valence-corrected chi connectivity index (χ0v) is 19.6. The Kier molecular flexibility index (Phi) is 7.23. The van der Waals surface area contributed by atoms with Crippen molar-refractivity contribution in [3.05, 3.63) is 53.1 Å². The van der Waals surface area contributed by atoms with Gasteiger partial charge in [0.2, 0.25) is 0 Å². The van der Waals surface area contributed by atoms with Crippen LogP contribution < -0.4 is 14.9 Å². The predicted octanol–water partition coefficient (Wildman–Crippen LogP) is 3.00. The molecule has 2 aromatic rings. The number of benzene rings is 2. The summed E-state index contributed by atoms with van der Waals surface area (Å²) < 4.78 is 29.1. The molecule has 0 radical (unpaired) electrons. The third kappa shape index (κ3) is 5.19. The molecule has 1 heterocycles. The summed E-state index contributed by atoms with van der Waals surface area (Å²) in [5.41, 5.74) is 3.63. The van der Waals surface area contributed by atoms with Crippen molar-refractivity contribution in [1.82, 2.24) is 10.2 Å². The number of sulfonamides is 1. The Hall–Kier alpha value is -2.58. The van der Waals surface area contributed by atoms with E-state index in [2.05, 4.69) is 14.9 Å². The maximum Gasteiger partial charge on any atom is 0.261 e. The van der Waals surface area contributed by atoms with Gasteiger partial charge in [-0.3, -0.25) is 9.52 Å². The number of nitrogens with one attached hydrogen (secondary N) is 2. The molecule has 0 aliphatic carbocycles. The van der Waals surface area contributed by atoms with Crippen molar-refractivity contribution >= 4 is 27.3 Å². The first kappa shape index (κ1) is 23.1. The van der Waals surface area contributed by atoms with Gasteiger partial charge in [-0.05, 0) is 69.2 Å². The summed E-state index contributed by atoms with van der Waals surface area (Å²) in [4.78, 5) is 17.0. The lowest BCUT2D eigenvalue weighted by molar-refractivity contribution is 0.0773. The highest BCUT2D eigenvalue weighted by atomic mass is 32.2. The van der Waals surface area contributed by atoms with Gasteiger partial charge in [0.15, 0.2) is 0 Å². The van der Waals surface area contributed by atoms with Crippen LogP contribution in [0.1, 0.15) is 35.3 Å². The fourth-order valence-corrected chi connectivity index (χ4v) is 4.86. The molecule has 8 heteroatoms. The third-order valence-corrected chi connectivity index (χ3v) is 7.15. The molecule has 2 N–H and O–H groups in total. The van der Waals surface area contributed by atoms with E-state index in [-0.39, 0.29) is 10.8 Å². The topological polar surface area (TPSA) is 81.8 Å². The number of hydrogen-bond donors (Lipinski definition) is 2. The van der Waals surface area contributed by atoms with Crippen molar-refractivity contribution in [3.8, 4) is 0 Å². The minimum Gasteiger partial charge on any atom is -0.367 e. The van der Waals surface area contributed by atoms with Crippen molar-refractivity contribution in [2.75, 3.05) is 48.9 Å². The van der Waals surface area contributed by atoms with Gasteiger partial charge in [-0.25, -0.2) is 8.42 Å². The second-order valence-corrected chi connectivity index (χ2v) is 9.48. The largest absolute Gasteiger partial charge is 0.367 e.